The van der Waals surface area contributed by atoms with Crippen LogP contribution in [0.25, 0.3) is 16.2 Å². The van der Waals surface area contributed by atoms with Crippen molar-refractivity contribution >= 4 is 22.3 Å². The zero-order valence-corrected chi connectivity index (χ0v) is 11.9. The fourth-order valence-electron chi connectivity index (χ4n) is 2.16. The van der Waals surface area contributed by atoms with E-state index in [0.29, 0.717) is 0 Å². The molecule has 0 aliphatic carbocycles. The summed E-state index contributed by atoms with van der Waals surface area (Å²) in [6.07, 6.45) is 2.94. The maximum absolute atomic E-state index is 10.8. The number of carboxylic acid groups (broad SMARTS) is 1. The molecule has 0 amide bonds. The minimum absolute atomic E-state index is 0.0184. The molecule has 2 aromatic heterocycles. The van der Waals surface area contributed by atoms with Crippen molar-refractivity contribution in [3.63, 3.8) is 0 Å². The third-order valence-electron chi connectivity index (χ3n) is 3.27. The summed E-state index contributed by atoms with van der Waals surface area (Å²) in [6.45, 7) is 2.12. The third-order valence-corrected chi connectivity index (χ3v) is 4.16. The number of aromatic nitrogens is 2. The molecule has 1 aromatic carbocycles. The number of fused-ring (bicyclic) bond motifs is 1. The molecule has 0 atom stereocenters. The Morgan fingerprint density at radius 2 is 2.10 bits per heavy atom. The highest BCUT2D eigenvalue weighted by Crippen LogP contribution is 2.24. The number of carbonyl (C=O) groups is 1. The lowest BCUT2D eigenvalue weighted by atomic mass is 10.1. The molecule has 3 aromatic rings. The normalized spacial score (nSPS) is 11.1. The van der Waals surface area contributed by atoms with Gasteiger partial charge in [0.05, 0.1) is 12.1 Å². The van der Waals surface area contributed by atoms with E-state index in [4.69, 9.17) is 5.11 Å². The second-order valence-electron chi connectivity index (χ2n) is 4.63. The minimum Gasteiger partial charge on any atom is -0.481 e. The van der Waals surface area contributed by atoms with Crippen LogP contribution in [0.4, 0.5) is 0 Å². The Bertz CT molecular complexity index is 756. The van der Waals surface area contributed by atoms with Gasteiger partial charge >= 0.3 is 5.97 Å². The quantitative estimate of drug-likeness (QED) is 0.801. The summed E-state index contributed by atoms with van der Waals surface area (Å²) in [5.74, 6) is -0.827. The molecule has 0 bridgehead atoms. The molecule has 0 spiro atoms. The molecular formula is C15H14N2O2S. The Morgan fingerprint density at radius 1 is 1.35 bits per heavy atom. The second kappa shape index (κ2) is 5.09. The van der Waals surface area contributed by atoms with Gasteiger partial charge in [0.2, 0.25) is 0 Å². The number of aryl methyl sites for hydroxylation is 1. The van der Waals surface area contributed by atoms with Crippen LogP contribution in [-0.2, 0) is 17.6 Å². The van der Waals surface area contributed by atoms with Gasteiger partial charge < -0.3 is 5.11 Å². The van der Waals surface area contributed by atoms with Crippen LogP contribution in [0, 0.1) is 0 Å². The lowest BCUT2D eigenvalue weighted by molar-refractivity contribution is -0.136. The summed E-state index contributed by atoms with van der Waals surface area (Å²) in [5, 5.41) is 10.7. The highest BCUT2D eigenvalue weighted by molar-refractivity contribution is 7.15. The van der Waals surface area contributed by atoms with E-state index in [1.54, 1.807) is 0 Å². The standard InChI is InChI=1S/C15H14N2O2S/c1-2-10-3-5-11(6-4-10)13-8-17-12(7-14(18)19)9-20-15(17)16-13/h3-6,8-9H,2,7H2,1H3,(H,18,19). The molecule has 1 N–H and O–H groups in total. The van der Waals surface area contributed by atoms with Gasteiger partial charge in [-0.25, -0.2) is 4.98 Å². The fraction of sp³-hybridized carbons (Fsp3) is 0.200. The van der Waals surface area contributed by atoms with E-state index >= 15 is 0 Å². The van der Waals surface area contributed by atoms with Crippen molar-refractivity contribution in [2.45, 2.75) is 19.8 Å². The molecule has 0 saturated heterocycles. The number of hydrogen-bond donors (Lipinski definition) is 1. The van der Waals surface area contributed by atoms with E-state index in [1.807, 2.05) is 16.0 Å². The van der Waals surface area contributed by atoms with E-state index < -0.39 is 5.97 Å². The molecule has 0 fully saturated rings. The lowest BCUT2D eigenvalue weighted by Gasteiger charge is -1.99. The molecule has 2 heterocycles. The van der Waals surface area contributed by atoms with Gasteiger partial charge in [0.1, 0.15) is 0 Å². The number of rotatable bonds is 4. The smallest absolute Gasteiger partial charge is 0.309 e. The molecule has 0 radical (unpaired) electrons. The van der Waals surface area contributed by atoms with E-state index in [-0.39, 0.29) is 6.42 Å². The number of hydrogen-bond acceptors (Lipinski definition) is 3. The van der Waals surface area contributed by atoms with Gasteiger partial charge in [-0.15, -0.1) is 11.3 Å². The van der Waals surface area contributed by atoms with E-state index in [0.717, 1.165) is 28.3 Å². The summed E-state index contributed by atoms with van der Waals surface area (Å²) in [4.78, 5) is 16.2. The van der Waals surface area contributed by atoms with Crippen molar-refractivity contribution in [3.05, 3.63) is 47.1 Å². The van der Waals surface area contributed by atoms with Crippen molar-refractivity contribution < 1.29 is 9.90 Å². The first-order chi connectivity index (χ1) is 9.67. The molecule has 0 aliphatic rings. The van der Waals surface area contributed by atoms with Gasteiger partial charge in [0, 0.05) is 22.8 Å². The summed E-state index contributed by atoms with van der Waals surface area (Å²) >= 11 is 1.47. The Morgan fingerprint density at radius 3 is 2.75 bits per heavy atom. The molecule has 0 aliphatic heterocycles. The van der Waals surface area contributed by atoms with Crippen molar-refractivity contribution in [1.29, 1.82) is 0 Å². The monoisotopic (exact) mass is 286 g/mol. The first-order valence-electron chi connectivity index (χ1n) is 6.44. The van der Waals surface area contributed by atoms with Crippen molar-refractivity contribution in [3.8, 4) is 11.3 Å². The number of aliphatic carboxylic acids is 1. The average molecular weight is 286 g/mol. The predicted octanol–water partition coefficient (Wildman–Crippen LogP) is 3.25. The maximum Gasteiger partial charge on any atom is 0.309 e. The molecular weight excluding hydrogens is 272 g/mol. The van der Waals surface area contributed by atoms with Crippen molar-refractivity contribution in [2.24, 2.45) is 0 Å². The zero-order valence-electron chi connectivity index (χ0n) is 11.0. The topological polar surface area (TPSA) is 54.6 Å². The summed E-state index contributed by atoms with van der Waals surface area (Å²) in [7, 11) is 0. The fourth-order valence-corrected chi connectivity index (χ4v) is 3.03. The van der Waals surface area contributed by atoms with Gasteiger partial charge in [-0.2, -0.15) is 0 Å². The van der Waals surface area contributed by atoms with E-state index in [1.165, 1.54) is 16.9 Å². The van der Waals surface area contributed by atoms with Crippen LogP contribution in [0.5, 0.6) is 0 Å². The first-order valence-corrected chi connectivity index (χ1v) is 7.32. The number of thiazole rings is 1. The van der Waals surface area contributed by atoms with Crippen LogP contribution in [-0.4, -0.2) is 20.5 Å². The first kappa shape index (κ1) is 12.9. The van der Waals surface area contributed by atoms with E-state index in [9.17, 15) is 4.79 Å². The highest BCUT2D eigenvalue weighted by Gasteiger charge is 2.11. The number of carboxylic acids is 1. The van der Waals surface area contributed by atoms with Crippen molar-refractivity contribution in [2.75, 3.05) is 0 Å². The van der Waals surface area contributed by atoms with Crippen LogP contribution in [0.3, 0.4) is 0 Å². The Hall–Kier alpha value is -2.14. The zero-order chi connectivity index (χ0) is 14.1. The summed E-state index contributed by atoms with van der Waals surface area (Å²) in [6, 6.07) is 8.31. The maximum atomic E-state index is 10.8. The van der Waals surface area contributed by atoms with Crippen LogP contribution >= 0.6 is 11.3 Å². The van der Waals surface area contributed by atoms with Crippen molar-refractivity contribution in [1.82, 2.24) is 9.38 Å². The Balaban J connectivity index is 1.99. The van der Waals surface area contributed by atoms with Crippen LogP contribution < -0.4 is 0 Å². The Labute approximate surface area is 120 Å². The number of nitrogens with zero attached hydrogens (tertiary/aromatic N) is 2. The predicted molar refractivity (Wildman–Crippen MR) is 79.2 cm³/mol. The van der Waals surface area contributed by atoms with Gasteiger partial charge in [0.15, 0.2) is 4.96 Å². The lowest BCUT2D eigenvalue weighted by Crippen LogP contribution is -2.02. The van der Waals surface area contributed by atoms with Gasteiger partial charge in [-0.1, -0.05) is 31.2 Å². The number of imidazole rings is 1. The summed E-state index contributed by atoms with van der Waals surface area (Å²) < 4.78 is 1.86. The van der Waals surface area contributed by atoms with Crippen LogP contribution in [0.2, 0.25) is 0 Å². The number of benzene rings is 1. The van der Waals surface area contributed by atoms with Crippen LogP contribution in [0.15, 0.2) is 35.8 Å². The van der Waals surface area contributed by atoms with Crippen LogP contribution in [0.1, 0.15) is 18.2 Å². The largest absolute Gasteiger partial charge is 0.481 e. The Kier molecular flexibility index (Phi) is 3.28. The molecule has 5 heteroatoms. The third kappa shape index (κ3) is 2.32. The van der Waals surface area contributed by atoms with Gasteiger partial charge in [0.25, 0.3) is 0 Å². The SMILES string of the molecule is CCc1ccc(-c2cn3c(CC(=O)O)csc3n2)cc1. The van der Waals surface area contributed by atoms with Gasteiger partial charge in [-0.3, -0.25) is 9.20 Å². The summed E-state index contributed by atoms with van der Waals surface area (Å²) in [5.41, 5.74) is 3.99. The molecule has 0 saturated carbocycles. The molecule has 20 heavy (non-hydrogen) atoms. The van der Waals surface area contributed by atoms with Gasteiger partial charge in [-0.05, 0) is 12.0 Å². The minimum atomic E-state index is -0.827. The molecule has 0 unspecified atom stereocenters. The molecule has 3 rings (SSSR count). The molecule has 102 valence electrons. The highest BCUT2D eigenvalue weighted by atomic mass is 32.1. The van der Waals surface area contributed by atoms with E-state index in [2.05, 4.69) is 36.2 Å². The molecule has 4 nitrogen and oxygen atoms in total. The average Bonchev–Trinajstić information content (AvgIpc) is 3.01. The second-order valence-corrected chi connectivity index (χ2v) is 5.46.